The van der Waals surface area contributed by atoms with Crippen LogP contribution >= 0.6 is 0 Å². The Morgan fingerprint density at radius 2 is 1.69 bits per heavy atom. The quantitative estimate of drug-likeness (QED) is 0.680. The van der Waals surface area contributed by atoms with Gasteiger partial charge in [-0.3, -0.25) is 0 Å². The molecule has 0 aromatic heterocycles. The van der Waals surface area contributed by atoms with Gasteiger partial charge in [0.15, 0.2) is 0 Å². The molecule has 0 amide bonds. The van der Waals surface area contributed by atoms with E-state index in [1.54, 1.807) is 0 Å². The molecule has 0 aliphatic rings. The Morgan fingerprint density at radius 1 is 1.31 bits per heavy atom. The minimum absolute atomic E-state index is 0.118. The van der Waals surface area contributed by atoms with Gasteiger partial charge in [-0.05, 0) is 26.9 Å². The largest absolute Gasteiger partial charge is 0.396 e. The molecule has 5 nitrogen and oxygen atoms in total. The highest BCUT2D eigenvalue weighted by molar-refractivity contribution is 7.90. The molecule has 16 heavy (non-hydrogen) atoms. The molecular formula is C10H24N2O3S. The average Bonchev–Trinajstić information content (AvgIpc) is 2.27. The van der Waals surface area contributed by atoms with Gasteiger partial charge in [0, 0.05) is 18.7 Å². The van der Waals surface area contributed by atoms with Crippen molar-refractivity contribution >= 4 is 16.7 Å². The summed E-state index contributed by atoms with van der Waals surface area (Å²) in [5.41, 5.74) is -0.556. The van der Waals surface area contributed by atoms with E-state index in [1.165, 1.54) is 0 Å². The van der Waals surface area contributed by atoms with Gasteiger partial charge in [0.25, 0.3) is 10.0 Å². The first-order valence-corrected chi connectivity index (χ1v) is 6.87. The maximum absolute atomic E-state index is 11.2. The fraction of sp³-hybridized carbons (Fsp3) is 0.900. The molecule has 0 heterocycles. The van der Waals surface area contributed by atoms with Gasteiger partial charge >= 0.3 is 0 Å². The molecule has 0 aliphatic carbocycles. The van der Waals surface area contributed by atoms with Crippen LogP contribution in [0.1, 0.15) is 26.7 Å². The molecule has 0 saturated carbocycles. The molecule has 0 fully saturated rings. The second-order valence-corrected chi connectivity index (χ2v) is 5.43. The first-order chi connectivity index (χ1) is 7.36. The summed E-state index contributed by atoms with van der Waals surface area (Å²) in [6.07, 6.45) is 1.24. The first-order valence-electron chi connectivity index (χ1n) is 5.27. The number of hydrogen-bond acceptors (Lipinski definition) is 4. The standard InChI is InChI=1S/C8H17NO3S.C2H7N/c1-4-8(5-2,6-10)7-13(11,12)9-3;1-3-2/h10H,3-7H2,1-2H3;3H,1-2H3. The zero-order valence-corrected chi connectivity index (χ0v) is 11.5. The molecule has 0 aromatic rings. The minimum Gasteiger partial charge on any atom is -0.396 e. The minimum atomic E-state index is -3.46. The Kier molecular flexibility index (Phi) is 9.70. The van der Waals surface area contributed by atoms with Crippen molar-refractivity contribution in [1.82, 2.24) is 5.32 Å². The van der Waals surface area contributed by atoms with Crippen LogP contribution in [0.5, 0.6) is 0 Å². The van der Waals surface area contributed by atoms with Crippen molar-refractivity contribution in [3.63, 3.8) is 0 Å². The van der Waals surface area contributed by atoms with Gasteiger partial charge in [-0.2, -0.15) is 4.40 Å². The Hall–Kier alpha value is -0.460. The number of aliphatic hydroxyl groups is 1. The van der Waals surface area contributed by atoms with E-state index in [1.807, 2.05) is 27.9 Å². The average molecular weight is 252 g/mol. The number of aliphatic hydroxyl groups excluding tert-OH is 1. The molecule has 0 bridgehead atoms. The summed E-state index contributed by atoms with van der Waals surface area (Å²) in [6, 6.07) is 0. The summed E-state index contributed by atoms with van der Waals surface area (Å²) in [6.45, 7) is 6.59. The van der Waals surface area contributed by atoms with E-state index < -0.39 is 15.4 Å². The fourth-order valence-corrected chi connectivity index (χ4v) is 2.52. The van der Waals surface area contributed by atoms with Crippen LogP contribution in [0.15, 0.2) is 4.40 Å². The molecule has 0 aromatic carbocycles. The highest BCUT2D eigenvalue weighted by atomic mass is 32.2. The topological polar surface area (TPSA) is 78.8 Å². The number of rotatable bonds is 6. The van der Waals surface area contributed by atoms with Crippen molar-refractivity contribution in [1.29, 1.82) is 0 Å². The van der Waals surface area contributed by atoms with Crippen LogP contribution in [0.25, 0.3) is 0 Å². The Morgan fingerprint density at radius 3 is 1.88 bits per heavy atom. The number of nitrogens with zero attached hydrogens (tertiary/aromatic N) is 1. The summed E-state index contributed by atoms with van der Waals surface area (Å²) in [4.78, 5) is 0. The molecule has 98 valence electrons. The lowest BCUT2D eigenvalue weighted by Gasteiger charge is -2.27. The van der Waals surface area contributed by atoms with E-state index in [2.05, 4.69) is 16.4 Å². The van der Waals surface area contributed by atoms with E-state index in [0.717, 1.165) is 0 Å². The molecule has 0 unspecified atom stereocenters. The molecule has 0 spiro atoms. The van der Waals surface area contributed by atoms with E-state index in [4.69, 9.17) is 5.11 Å². The fourth-order valence-electron chi connectivity index (χ4n) is 1.16. The van der Waals surface area contributed by atoms with Crippen LogP contribution in [0.4, 0.5) is 0 Å². The SMILES string of the molecule is C=NS(=O)(=O)CC(CC)(CC)CO.CNC. The van der Waals surface area contributed by atoms with Crippen LogP contribution in [0.3, 0.4) is 0 Å². The smallest absolute Gasteiger partial charge is 0.253 e. The monoisotopic (exact) mass is 252 g/mol. The van der Waals surface area contributed by atoms with E-state index in [0.29, 0.717) is 12.8 Å². The molecular weight excluding hydrogens is 228 g/mol. The van der Waals surface area contributed by atoms with Gasteiger partial charge in [0.2, 0.25) is 0 Å². The van der Waals surface area contributed by atoms with Crippen molar-refractivity contribution in [2.45, 2.75) is 26.7 Å². The molecule has 0 radical (unpaired) electrons. The van der Waals surface area contributed by atoms with E-state index in [9.17, 15) is 8.42 Å². The molecule has 0 rings (SSSR count). The molecule has 0 saturated heterocycles. The summed E-state index contributed by atoms with van der Waals surface area (Å²) in [5.74, 6) is -0.118. The molecule has 0 atom stereocenters. The van der Waals surface area contributed by atoms with Crippen LogP contribution in [-0.4, -0.2) is 46.7 Å². The predicted molar refractivity (Wildman–Crippen MR) is 68.4 cm³/mol. The summed E-state index contributed by atoms with van der Waals surface area (Å²) < 4.78 is 25.4. The maximum atomic E-state index is 11.2. The van der Waals surface area contributed by atoms with Gasteiger partial charge < -0.3 is 10.4 Å². The maximum Gasteiger partial charge on any atom is 0.253 e. The highest BCUT2D eigenvalue weighted by Crippen LogP contribution is 2.27. The summed E-state index contributed by atoms with van der Waals surface area (Å²) in [5, 5.41) is 11.9. The van der Waals surface area contributed by atoms with Gasteiger partial charge in [-0.1, -0.05) is 13.8 Å². The van der Waals surface area contributed by atoms with Crippen molar-refractivity contribution in [3.05, 3.63) is 0 Å². The number of hydrogen-bond donors (Lipinski definition) is 2. The van der Waals surface area contributed by atoms with Crippen molar-refractivity contribution in [3.8, 4) is 0 Å². The third-order valence-corrected chi connectivity index (χ3v) is 3.89. The van der Waals surface area contributed by atoms with Gasteiger partial charge in [-0.25, -0.2) is 8.42 Å². The van der Waals surface area contributed by atoms with Gasteiger partial charge in [0.05, 0.1) is 5.75 Å². The highest BCUT2D eigenvalue weighted by Gasteiger charge is 2.31. The molecule has 2 N–H and O–H groups in total. The Labute approximate surface area is 99.0 Å². The zero-order chi connectivity index (χ0) is 13.2. The summed E-state index contributed by atoms with van der Waals surface area (Å²) >= 11 is 0. The van der Waals surface area contributed by atoms with Crippen LogP contribution in [0, 0.1) is 5.41 Å². The van der Waals surface area contributed by atoms with Crippen molar-refractivity contribution < 1.29 is 13.5 Å². The molecule has 0 aliphatic heterocycles. The first kappa shape index (κ1) is 17.9. The normalized spacial score (nSPS) is 11.6. The van der Waals surface area contributed by atoms with E-state index in [-0.39, 0.29) is 12.4 Å². The zero-order valence-electron chi connectivity index (χ0n) is 10.7. The summed E-state index contributed by atoms with van der Waals surface area (Å²) in [7, 11) is 0.290. The lowest BCUT2D eigenvalue weighted by molar-refractivity contribution is 0.136. The van der Waals surface area contributed by atoms with Gasteiger partial charge in [0.1, 0.15) is 0 Å². The number of sulfonamides is 1. The lowest BCUT2D eigenvalue weighted by atomic mass is 9.86. The predicted octanol–water partition coefficient (Wildman–Crippen LogP) is 0.651. The molecule has 6 heteroatoms. The van der Waals surface area contributed by atoms with Crippen LogP contribution in [0.2, 0.25) is 0 Å². The second kappa shape index (κ2) is 8.66. The van der Waals surface area contributed by atoms with E-state index >= 15 is 0 Å². The van der Waals surface area contributed by atoms with Crippen LogP contribution < -0.4 is 5.32 Å². The third kappa shape index (κ3) is 6.92. The van der Waals surface area contributed by atoms with Gasteiger partial charge in [-0.15, -0.1) is 0 Å². The number of nitrogens with one attached hydrogen (secondary N) is 1. The van der Waals surface area contributed by atoms with Crippen molar-refractivity contribution in [2.24, 2.45) is 9.81 Å². The Bertz CT molecular complexity index is 264. The Balaban J connectivity index is 0. The van der Waals surface area contributed by atoms with Crippen LogP contribution in [-0.2, 0) is 10.0 Å². The third-order valence-electron chi connectivity index (χ3n) is 2.52. The second-order valence-electron chi connectivity index (χ2n) is 3.72. The lowest BCUT2D eigenvalue weighted by Crippen LogP contribution is -2.31. The van der Waals surface area contributed by atoms with Crippen molar-refractivity contribution in [2.75, 3.05) is 26.5 Å².